The van der Waals surface area contributed by atoms with Gasteiger partial charge in [0.2, 0.25) is 0 Å². The smallest absolute Gasteiger partial charge is 0.298 e. The van der Waals surface area contributed by atoms with Crippen LogP contribution in [-0.2, 0) is 21.0 Å². The molecule has 0 unspecified atom stereocenters. The third kappa shape index (κ3) is 3.99. The fraction of sp³-hybridized carbons (Fsp3) is 0.250. The normalized spacial score (nSPS) is 14.3. The van der Waals surface area contributed by atoms with E-state index >= 15 is 0 Å². The SMILES string of the molecule is CC(C)(C)c1cc2cc(C(C)(C)C)cc3c4ccc(-c5cccc6c5C(C)(C)c5cc(OC=O)ccc5-6)c5cccc(c(c1)c23)c54. The summed E-state index contributed by atoms with van der Waals surface area (Å²) in [6.07, 6.45) is 0. The van der Waals surface area contributed by atoms with E-state index in [1.54, 1.807) is 0 Å². The van der Waals surface area contributed by atoms with Crippen LogP contribution in [0.3, 0.4) is 0 Å². The molecule has 1 aliphatic rings. The second kappa shape index (κ2) is 9.42. The molecule has 0 saturated heterocycles. The molecule has 2 nitrogen and oxygen atoms in total. The molecular formula is C44H40O2. The summed E-state index contributed by atoms with van der Waals surface area (Å²) in [4.78, 5) is 11.2. The van der Waals surface area contributed by atoms with E-state index < -0.39 is 0 Å². The van der Waals surface area contributed by atoms with Gasteiger partial charge in [-0.2, -0.15) is 0 Å². The van der Waals surface area contributed by atoms with Gasteiger partial charge in [-0.15, -0.1) is 0 Å². The van der Waals surface area contributed by atoms with E-state index in [0.717, 1.165) is 0 Å². The van der Waals surface area contributed by atoms with Crippen molar-refractivity contribution in [3.8, 4) is 28.0 Å². The van der Waals surface area contributed by atoms with Crippen molar-refractivity contribution in [2.45, 2.75) is 71.6 Å². The van der Waals surface area contributed by atoms with Crippen molar-refractivity contribution in [2.75, 3.05) is 0 Å². The van der Waals surface area contributed by atoms with Gasteiger partial charge in [0, 0.05) is 5.41 Å². The van der Waals surface area contributed by atoms with E-state index in [1.165, 1.54) is 87.6 Å². The third-order valence-corrected chi connectivity index (χ3v) is 10.5. The van der Waals surface area contributed by atoms with E-state index in [-0.39, 0.29) is 16.2 Å². The molecule has 0 saturated carbocycles. The molecule has 0 spiro atoms. The number of carbonyl (C=O) groups is 1. The number of carbonyl (C=O) groups excluding carboxylic acids is 1. The number of ether oxygens (including phenoxy) is 1. The van der Waals surface area contributed by atoms with Crippen molar-refractivity contribution in [3.63, 3.8) is 0 Å². The first-order valence-electron chi connectivity index (χ1n) is 16.4. The molecule has 0 aliphatic heterocycles. The quantitative estimate of drug-likeness (QED) is 0.115. The molecule has 0 aromatic heterocycles. The second-order valence-corrected chi connectivity index (χ2v) is 15.8. The Morgan fingerprint density at radius 2 is 1.13 bits per heavy atom. The summed E-state index contributed by atoms with van der Waals surface area (Å²) in [5, 5.41) is 10.6. The molecule has 46 heavy (non-hydrogen) atoms. The van der Waals surface area contributed by atoms with Gasteiger partial charge in [-0.25, -0.2) is 0 Å². The van der Waals surface area contributed by atoms with Crippen molar-refractivity contribution in [3.05, 3.63) is 113 Å². The van der Waals surface area contributed by atoms with Crippen LogP contribution < -0.4 is 4.74 Å². The molecule has 8 rings (SSSR count). The van der Waals surface area contributed by atoms with E-state index in [1.807, 2.05) is 12.1 Å². The lowest BCUT2D eigenvalue weighted by Gasteiger charge is -2.27. The molecule has 0 amide bonds. The summed E-state index contributed by atoms with van der Waals surface area (Å²) >= 11 is 0. The lowest BCUT2D eigenvalue weighted by molar-refractivity contribution is -0.120. The minimum atomic E-state index is -0.273. The Morgan fingerprint density at radius 1 is 0.565 bits per heavy atom. The fourth-order valence-electron chi connectivity index (χ4n) is 8.11. The van der Waals surface area contributed by atoms with Crippen LogP contribution in [0.1, 0.15) is 77.6 Å². The molecule has 7 aromatic rings. The van der Waals surface area contributed by atoms with E-state index in [4.69, 9.17) is 4.74 Å². The van der Waals surface area contributed by atoms with Crippen molar-refractivity contribution >= 4 is 49.6 Å². The van der Waals surface area contributed by atoms with Crippen LogP contribution >= 0.6 is 0 Å². The highest BCUT2D eigenvalue weighted by molar-refractivity contribution is 6.34. The first kappa shape index (κ1) is 28.8. The van der Waals surface area contributed by atoms with Gasteiger partial charge in [0.1, 0.15) is 5.75 Å². The van der Waals surface area contributed by atoms with Crippen LogP contribution in [-0.4, -0.2) is 6.47 Å². The Morgan fingerprint density at radius 3 is 1.76 bits per heavy atom. The Labute approximate surface area is 271 Å². The van der Waals surface area contributed by atoms with Gasteiger partial charge in [-0.3, -0.25) is 4.79 Å². The Kier molecular flexibility index (Phi) is 5.89. The van der Waals surface area contributed by atoms with Crippen LogP contribution in [0, 0.1) is 0 Å². The molecular weight excluding hydrogens is 560 g/mol. The third-order valence-electron chi connectivity index (χ3n) is 10.5. The molecule has 0 heterocycles. The minimum Gasteiger partial charge on any atom is -0.429 e. The summed E-state index contributed by atoms with van der Waals surface area (Å²) in [5.74, 6) is 0.579. The molecule has 228 valence electrons. The average Bonchev–Trinajstić information content (AvgIpc) is 3.24. The van der Waals surface area contributed by atoms with Gasteiger partial charge >= 0.3 is 0 Å². The van der Waals surface area contributed by atoms with Gasteiger partial charge in [0.15, 0.2) is 0 Å². The standard InChI is InChI=1S/C44H40O2/c1-42(2,3)26-19-25-20-27(43(4,5)6)22-37-33-18-17-29(31-11-9-12-32(40(31)33)36(21-26)39(25)37)34-13-10-14-35-30-16-15-28(46-24-45)23-38(30)44(7,8)41(34)35/h9-24H,1-8H3. The summed E-state index contributed by atoms with van der Waals surface area (Å²) in [5.41, 5.74) is 9.96. The number of hydrogen-bond donors (Lipinski definition) is 0. The van der Waals surface area contributed by atoms with Crippen LogP contribution in [0.2, 0.25) is 0 Å². The Hall–Kier alpha value is -4.69. The predicted molar refractivity (Wildman–Crippen MR) is 195 cm³/mol. The molecule has 0 N–H and O–H groups in total. The fourth-order valence-corrected chi connectivity index (χ4v) is 8.11. The van der Waals surface area contributed by atoms with Gasteiger partial charge < -0.3 is 4.74 Å². The highest BCUT2D eigenvalue weighted by atomic mass is 16.5. The first-order valence-corrected chi connectivity index (χ1v) is 16.4. The first-order chi connectivity index (χ1) is 21.8. The van der Waals surface area contributed by atoms with Crippen LogP contribution in [0.4, 0.5) is 0 Å². The highest BCUT2D eigenvalue weighted by Crippen LogP contribution is 2.54. The number of rotatable bonds is 3. The van der Waals surface area contributed by atoms with Crippen molar-refractivity contribution in [1.29, 1.82) is 0 Å². The largest absolute Gasteiger partial charge is 0.429 e. The number of hydrogen-bond acceptors (Lipinski definition) is 2. The molecule has 1 aliphatic carbocycles. The second-order valence-electron chi connectivity index (χ2n) is 15.8. The van der Waals surface area contributed by atoms with Gasteiger partial charge in [0.05, 0.1) is 0 Å². The Balaban J connectivity index is 1.47. The zero-order valence-corrected chi connectivity index (χ0v) is 28.1. The maximum Gasteiger partial charge on any atom is 0.298 e. The minimum absolute atomic E-state index is 0.0282. The van der Waals surface area contributed by atoms with Crippen LogP contribution in [0.5, 0.6) is 5.75 Å². The summed E-state index contributed by atoms with van der Waals surface area (Å²) in [6, 6.07) is 34.1. The van der Waals surface area contributed by atoms with Crippen molar-refractivity contribution in [2.24, 2.45) is 0 Å². The Bertz CT molecular complexity index is 2320. The summed E-state index contributed by atoms with van der Waals surface area (Å²) < 4.78 is 5.27. The molecule has 0 bridgehead atoms. The van der Waals surface area contributed by atoms with Gasteiger partial charge in [-0.05, 0) is 123 Å². The molecule has 2 heteroatoms. The molecule has 0 radical (unpaired) electrons. The molecule has 0 atom stereocenters. The number of fused-ring (bicyclic) bond motifs is 5. The van der Waals surface area contributed by atoms with Crippen molar-refractivity contribution in [1.82, 2.24) is 0 Å². The van der Waals surface area contributed by atoms with E-state index in [0.29, 0.717) is 12.2 Å². The topological polar surface area (TPSA) is 26.3 Å². The highest BCUT2D eigenvalue weighted by Gasteiger charge is 2.38. The van der Waals surface area contributed by atoms with E-state index in [2.05, 4.69) is 134 Å². The van der Waals surface area contributed by atoms with Crippen LogP contribution in [0.25, 0.3) is 65.3 Å². The zero-order chi connectivity index (χ0) is 32.3. The monoisotopic (exact) mass is 600 g/mol. The average molecular weight is 601 g/mol. The zero-order valence-electron chi connectivity index (χ0n) is 28.1. The van der Waals surface area contributed by atoms with E-state index in [9.17, 15) is 4.79 Å². The lowest BCUT2D eigenvalue weighted by Crippen LogP contribution is -2.16. The maximum atomic E-state index is 11.2. The van der Waals surface area contributed by atoms with Crippen LogP contribution in [0.15, 0.2) is 91.0 Å². The molecule has 0 fully saturated rings. The summed E-state index contributed by atoms with van der Waals surface area (Å²) in [7, 11) is 0. The van der Waals surface area contributed by atoms with Gasteiger partial charge in [0.25, 0.3) is 6.47 Å². The maximum absolute atomic E-state index is 11.2. The predicted octanol–water partition coefficient (Wildman–Crippen LogP) is 11.8. The van der Waals surface area contributed by atoms with Crippen molar-refractivity contribution < 1.29 is 9.53 Å². The molecule has 7 aromatic carbocycles. The van der Waals surface area contributed by atoms with Gasteiger partial charge in [-0.1, -0.05) is 122 Å². The summed E-state index contributed by atoms with van der Waals surface area (Å²) in [6.45, 7) is 19.0. The number of benzene rings is 7. The lowest BCUT2D eigenvalue weighted by atomic mass is 9.77.